The molecular weight excluding hydrogens is 513 g/mol. The average Bonchev–Trinajstić information content (AvgIpc) is 3.58. The predicted octanol–water partition coefficient (Wildman–Crippen LogP) is 5.01. The van der Waals surface area contributed by atoms with Gasteiger partial charge < -0.3 is 29.7 Å². The minimum absolute atomic E-state index is 0.159. The molecule has 0 spiro atoms. The number of likely N-dealkylation sites (N-methyl/N-ethyl adjacent to an activating group) is 1. The summed E-state index contributed by atoms with van der Waals surface area (Å²) >= 11 is 13.5. The number of nitrogens with one attached hydrogen (secondary N) is 2. The molecule has 0 bridgehead atoms. The van der Waals surface area contributed by atoms with Crippen molar-refractivity contribution in [3.8, 4) is 22.8 Å². The van der Waals surface area contributed by atoms with Gasteiger partial charge in [0.25, 0.3) is 0 Å². The minimum atomic E-state index is 0.159. The van der Waals surface area contributed by atoms with E-state index in [1.807, 2.05) is 12.3 Å². The first-order chi connectivity index (χ1) is 18.0. The number of anilines is 1. The van der Waals surface area contributed by atoms with Crippen molar-refractivity contribution in [1.29, 1.82) is 0 Å². The van der Waals surface area contributed by atoms with Crippen molar-refractivity contribution in [1.82, 2.24) is 20.2 Å². The number of rotatable bonds is 9. The van der Waals surface area contributed by atoms with Gasteiger partial charge in [0.2, 0.25) is 0 Å². The van der Waals surface area contributed by atoms with Gasteiger partial charge in [-0.15, -0.1) is 0 Å². The molecule has 37 heavy (non-hydrogen) atoms. The fourth-order valence-electron chi connectivity index (χ4n) is 5.03. The second-order valence-electron chi connectivity index (χ2n) is 9.68. The van der Waals surface area contributed by atoms with Crippen LogP contribution >= 0.6 is 23.2 Å². The third-order valence-electron chi connectivity index (χ3n) is 7.09. The van der Waals surface area contributed by atoms with Gasteiger partial charge in [-0.25, -0.2) is 4.98 Å². The van der Waals surface area contributed by atoms with Crippen LogP contribution in [0.3, 0.4) is 0 Å². The van der Waals surface area contributed by atoms with Crippen LogP contribution in [0.2, 0.25) is 10.0 Å². The molecule has 2 fully saturated rings. The summed E-state index contributed by atoms with van der Waals surface area (Å²) in [6.07, 6.45) is 5.29. The van der Waals surface area contributed by atoms with E-state index >= 15 is 0 Å². The Morgan fingerprint density at radius 3 is 2.54 bits per heavy atom. The first-order valence-electron chi connectivity index (χ1n) is 12.6. The number of hydrogen-bond donors (Lipinski definition) is 2. The summed E-state index contributed by atoms with van der Waals surface area (Å²) in [5.74, 6) is 1.66. The molecule has 5 rings (SSSR count). The van der Waals surface area contributed by atoms with Crippen molar-refractivity contribution in [2.45, 2.75) is 38.0 Å². The molecule has 2 atom stereocenters. The van der Waals surface area contributed by atoms with E-state index in [0.717, 1.165) is 61.2 Å². The van der Waals surface area contributed by atoms with Gasteiger partial charge in [-0.3, -0.25) is 4.98 Å². The van der Waals surface area contributed by atoms with Crippen LogP contribution in [0.25, 0.3) is 22.0 Å². The molecule has 2 aromatic heterocycles. The second kappa shape index (κ2) is 11.6. The van der Waals surface area contributed by atoms with Gasteiger partial charge in [-0.05, 0) is 45.0 Å². The molecule has 2 N–H and O–H groups in total. The Balaban J connectivity index is 1.53. The first kappa shape index (κ1) is 26.3. The summed E-state index contributed by atoms with van der Waals surface area (Å²) in [5.41, 5.74) is 2.13. The Labute approximate surface area is 227 Å². The second-order valence-corrected chi connectivity index (χ2v) is 10.4. The lowest BCUT2D eigenvalue weighted by molar-refractivity contribution is 0.120. The molecule has 2 aliphatic rings. The molecule has 10 heteroatoms. The molecule has 4 heterocycles. The standard InChI is InChI=1S/C27H33Cl2N5O3/c1-34-7-6-17(15-34)31-13-18-10-20-16(12-30-18)9-21(33-27(20)32-14-19-5-4-8-37-19)24-25(28)22(35-2)11-23(36-3)26(24)29/h9-12,17,19,31H,4-8,13-15H2,1-3H3,(H,32,33)/t17-,19?/m0/s1. The Morgan fingerprint density at radius 1 is 1.11 bits per heavy atom. The summed E-state index contributed by atoms with van der Waals surface area (Å²) in [5, 5.41) is 9.83. The van der Waals surface area contributed by atoms with Crippen molar-refractivity contribution < 1.29 is 14.2 Å². The minimum Gasteiger partial charge on any atom is -0.495 e. The van der Waals surface area contributed by atoms with Crippen LogP contribution in [0.5, 0.6) is 11.5 Å². The van der Waals surface area contributed by atoms with Crippen LogP contribution in [-0.2, 0) is 11.3 Å². The number of nitrogens with zero attached hydrogens (tertiary/aromatic N) is 3. The van der Waals surface area contributed by atoms with Crippen LogP contribution in [0.1, 0.15) is 25.0 Å². The Hall–Kier alpha value is -2.36. The first-order valence-corrected chi connectivity index (χ1v) is 13.4. The number of benzene rings is 1. The summed E-state index contributed by atoms with van der Waals surface area (Å²) in [7, 11) is 5.27. The maximum absolute atomic E-state index is 6.73. The number of likely N-dealkylation sites (tertiary alicyclic amines) is 1. The Bertz CT molecular complexity index is 1240. The highest BCUT2D eigenvalue weighted by Gasteiger charge is 2.23. The molecule has 2 saturated heterocycles. The maximum atomic E-state index is 6.73. The monoisotopic (exact) mass is 545 g/mol. The zero-order valence-corrected chi connectivity index (χ0v) is 23.0. The predicted molar refractivity (Wildman–Crippen MR) is 148 cm³/mol. The van der Waals surface area contributed by atoms with Crippen molar-refractivity contribution >= 4 is 39.8 Å². The van der Waals surface area contributed by atoms with Crippen molar-refractivity contribution in [3.63, 3.8) is 0 Å². The lowest BCUT2D eigenvalue weighted by atomic mass is 10.1. The molecule has 1 aromatic carbocycles. The van der Waals surface area contributed by atoms with E-state index in [-0.39, 0.29) is 6.10 Å². The quantitative estimate of drug-likeness (QED) is 0.388. The Kier molecular flexibility index (Phi) is 8.21. The van der Waals surface area contributed by atoms with Gasteiger partial charge in [0.15, 0.2) is 0 Å². The lowest BCUT2D eigenvalue weighted by Gasteiger charge is -2.18. The van der Waals surface area contributed by atoms with E-state index in [1.165, 1.54) is 0 Å². The summed E-state index contributed by atoms with van der Waals surface area (Å²) in [6.45, 7) is 4.33. The largest absolute Gasteiger partial charge is 0.495 e. The number of hydrogen-bond acceptors (Lipinski definition) is 8. The van der Waals surface area contributed by atoms with Crippen LogP contribution in [0.4, 0.5) is 5.82 Å². The number of ether oxygens (including phenoxy) is 3. The van der Waals surface area contributed by atoms with Crippen molar-refractivity contribution in [2.75, 3.05) is 52.8 Å². The van der Waals surface area contributed by atoms with E-state index in [1.54, 1.807) is 20.3 Å². The number of methoxy groups -OCH3 is 2. The van der Waals surface area contributed by atoms with Crippen molar-refractivity contribution in [2.24, 2.45) is 0 Å². The van der Waals surface area contributed by atoms with E-state index in [9.17, 15) is 0 Å². The van der Waals surface area contributed by atoms with Gasteiger partial charge in [0, 0.05) is 60.9 Å². The molecule has 8 nitrogen and oxygen atoms in total. The van der Waals surface area contributed by atoms with Gasteiger partial charge in [0.1, 0.15) is 17.3 Å². The van der Waals surface area contributed by atoms with Gasteiger partial charge in [-0.2, -0.15) is 0 Å². The normalized spacial score (nSPS) is 20.0. The summed E-state index contributed by atoms with van der Waals surface area (Å²) in [4.78, 5) is 12.1. The molecule has 2 aliphatic heterocycles. The fourth-order valence-corrected chi connectivity index (χ4v) is 5.72. The number of fused-ring (bicyclic) bond motifs is 1. The highest BCUT2D eigenvalue weighted by atomic mass is 35.5. The molecular formula is C27H33Cl2N5O3. The van der Waals surface area contributed by atoms with Crippen LogP contribution < -0.4 is 20.1 Å². The zero-order chi connectivity index (χ0) is 25.9. The van der Waals surface area contributed by atoms with Crippen molar-refractivity contribution in [3.05, 3.63) is 40.1 Å². The highest BCUT2D eigenvalue weighted by Crippen LogP contribution is 2.46. The molecule has 0 radical (unpaired) electrons. The third-order valence-corrected chi connectivity index (χ3v) is 7.84. The molecule has 0 saturated carbocycles. The molecule has 0 aliphatic carbocycles. The Morgan fingerprint density at radius 2 is 1.89 bits per heavy atom. The van der Waals surface area contributed by atoms with E-state index < -0.39 is 0 Å². The summed E-state index contributed by atoms with van der Waals surface area (Å²) < 4.78 is 16.8. The van der Waals surface area contributed by atoms with Gasteiger partial charge in [-0.1, -0.05) is 23.2 Å². The molecule has 198 valence electrons. The smallest absolute Gasteiger partial charge is 0.141 e. The van der Waals surface area contributed by atoms with Gasteiger partial charge >= 0.3 is 0 Å². The zero-order valence-electron chi connectivity index (χ0n) is 21.4. The average molecular weight is 546 g/mol. The fraction of sp³-hybridized carbons (Fsp3) is 0.481. The van der Waals surface area contributed by atoms with E-state index in [0.29, 0.717) is 51.9 Å². The highest BCUT2D eigenvalue weighted by molar-refractivity contribution is 6.41. The van der Waals surface area contributed by atoms with E-state index in [2.05, 4.69) is 28.6 Å². The maximum Gasteiger partial charge on any atom is 0.141 e. The van der Waals surface area contributed by atoms with Crippen LogP contribution in [-0.4, -0.2) is 74.5 Å². The van der Waals surface area contributed by atoms with Gasteiger partial charge in [0.05, 0.1) is 41.8 Å². The van der Waals surface area contributed by atoms with E-state index in [4.69, 9.17) is 47.4 Å². The number of pyridine rings is 2. The number of aromatic nitrogens is 2. The lowest BCUT2D eigenvalue weighted by Crippen LogP contribution is -2.31. The summed E-state index contributed by atoms with van der Waals surface area (Å²) in [6, 6.07) is 6.21. The molecule has 3 aromatic rings. The SMILES string of the molecule is COc1cc(OC)c(Cl)c(-c2cc3cnc(CN[C@H]4CCN(C)C4)cc3c(NCC3CCCO3)n2)c1Cl. The van der Waals surface area contributed by atoms with Crippen LogP contribution in [0, 0.1) is 0 Å². The molecule has 1 unspecified atom stereocenters. The third kappa shape index (κ3) is 5.73. The number of halogens is 2. The molecule has 0 amide bonds. The van der Waals surface area contributed by atoms with Crippen LogP contribution in [0.15, 0.2) is 24.4 Å². The topological polar surface area (TPSA) is 80.8 Å².